The number of ether oxygens (including phenoxy) is 1. The van der Waals surface area contributed by atoms with Gasteiger partial charge in [0.2, 0.25) is 5.82 Å². The summed E-state index contributed by atoms with van der Waals surface area (Å²) in [5.74, 6) is -1.63. The number of esters is 1. The van der Waals surface area contributed by atoms with Crippen molar-refractivity contribution in [3.05, 3.63) is 39.7 Å². The molecule has 5 nitrogen and oxygen atoms in total. The van der Waals surface area contributed by atoms with Crippen LogP contribution in [-0.2, 0) is 4.74 Å². The van der Waals surface area contributed by atoms with Gasteiger partial charge in [0.15, 0.2) is 0 Å². The first kappa shape index (κ1) is 17.1. The maximum atomic E-state index is 13.1. The van der Waals surface area contributed by atoms with Gasteiger partial charge in [-0.05, 0) is 18.6 Å². The summed E-state index contributed by atoms with van der Waals surface area (Å²) in [7, 11) is 0. The zero-order valence-corrected chi connectivity index (χ0v) is 12.1. The van der Waals surface area contributed by atoms with Crippen LogP contribution in [0.3, 0.4) is 0 Å². The molecule has 0 spiro atoms. The molecule has 0 saturated carbocycles. The number of hydrogen-bond acceptors (Lipinski definition) is 4. The lowest BCUT2D eigenvalue weighted by Gasteiger charge is -2.05. The minimum atomic E-state index is -0.965. The van der Waals surface area contributed by atoms with E-state index in [2.05, 4.69) is 6.92 Å². The van der Waals surface area contributed by atoms with Gasteiger partial charge in [-0.15, -0.1) is 0 Å². The van der Waals surface area contributed by atoms with Crippen molar-refractivity contribution in [3.8, 4) is 0 Å². The maximum Gasteiger partial charge on any atom is 0.338 e. The molecule has 0 atom stereocenters. The van der Waals surface area contributed by atoms with Crippen molar-refractivity contribution in [1.82, 2.24) is 0 Å². The first-order chi connectivity index (χ1) is 10.1. The highest BCUT2D eigenvalue weighted by molar-refractivity contribution is 5.90. The predicted octanol–water partition coefficient (Wildman–Crippen LogP) is 4.25. The molecule has 0 fully saturated rings. The Kier molecular flexibility index (Phi) is 7.36. The van der Waals surface area contributed by atoms with Crippen LogP contribution in [0.1, 0.15) is 55.8 Å². The first-order valence-electron chi connectivity index (χ1n) is 7.17. The summed E-state index contributed by atoms with van der Waals surface area (Å²) in [5, 5.41) is 10.6. The molecule has 0 aliphatic carbocycles. The van der Waals surface area contributed by atoms with E-state index in [0.717, 1.165) is 31.4 Å². The van der Waals surface area contributed by atoms with E-state index in [1.54, 1.807) is 0 Å². The SMILES string of the molecule is CCCCCCCCOC(=O)c1ccc(F)c([N+](=O)[O-])c1. The van der Waals surface area contributed by atoms with E-state index in [0.29, 0.717) is 0 Å². The number of nitrogens with zero attached hydrogens (tertiary/aromatic N) is 1. The van der Waals surface area contributed by atoms with Crippen LogP contribution < -0.4 is 0 Å². The lowest BCUT2D eigenvalue weighted by atomic mass is 10.1. The van der Waals surface area contributed by atoms with Gasteiger partial charge in [0.1, 0.15) is 0 Å². The Morgan fingerprint density at radius 1 is 1.24 bits per heavy atom. The highest BCUT2D eigenvalue weighted by Crippen LogP contribution is 2.19. The van der Waals surface area contributed by atoms with E-state index >= 15 is 0 Å². The summed E-state index contributed by atoms with van der Waals surface area (Å²) >= 11 is 0. The third-order valence-electron chi connectivity index (χ3n) is 3.11. The summed E-state index contributed by atoms with van der Waals surface area (Å²) in [5.41, 5.74) is -0.724. The van der Waals surface area contributed by atoms with E-state index in [9.17, 15) is 19.3 Å². The minimum Gasteiger partial charge on any atom is -0.462 e. The number of nitro benzene ring substituents is 1. The Balaban J connectivity index is 2.39. The molecule has 6 heteroatoms. The van der Waals surface area contributed by atoms with E-state index in [1.807, 2.05) is 0 Å². The number of halogens is 1. The Morgan fingerprint density at radius 2 is 1.90 bits per heavy atom. The van der Waals surface area contributed by atoms with Crippen molar-refractivity contribution in [2.45, 2.75) is 45.4 Å². The van der Waals surface area contributed by atoms with Crippen LogP contribution in [0.25, 0.3) is 0 Å². The molecule has 0 aliphatic rings. The summed E-state index contributed by atoms with van der Waals surface area (Å²) in [6.45, 7) is 2.42. The standard InChI is InChI=1S/C15H20FNO4/c1-2-3-4-5-6-7-10-21-15(18)12-8-9-13(16)14(11-12)17(19)20/h8-9,11H,2-7,10H2,1H3. The summed E-state index contributed by atoms with van der Waals surface area (Å²) in [6, 6.07) is 2.99. The second-order valence-corrected chi connectivity index (χ2v) is 4.83. The third kappa shape index (κ3) is 5.89. The van der Waals surface area contributed by atoms with Crippen LogP contribution in [-0.4, -0.2) is 17.5 Å². The fourth-order valence-electron chi connectivity index (χ4n) is 1.91. The quantitative estimate of drug-likeness (QED) is 0.296. The van der Waals surface area contributed by atoms with Crippen LogP contribution >= 0.6 is 0 Å². The molecule has 0 aromatic heterocycles. The van der Waals surface area contributed by atoms with Crippen LogP contribution in [0.2, 0.25) is 0 Å². The molecule has 0 unspecified atom stereocenters. The molecular weight excluding hydrogens is 277 g/mol. The average Bonchev–Trinajstić information content (AvgIpc) is 2.46. The number of rotatable bonds is 9. The fraction of sp³-hybridized carbons (Fsp3) is 0.533. The number of carbonyl (C=O) groups excluding carboxylic acids is 1. The van der Waals surface area contributed by atoms with Crippen LogP contribution in [0.5, 0.6) is 0 Å². The van der Waals surface area contributed by atoms with Crippen molar-refractivity contribution in [1.29, 1.82) is 0 Å². The van der Waals surface area contributed by atoms with E-state index in [-0.39, 0.29) is 12.2 Å². The maximum absolute atomic E-state index is 13.1. The molecule has 116 valence electrons. The molecule has 21 heavy (non-hydrogen) atoms. The van der Waals surface area contributed by atoms with Gasteiger partial charge in [0.25, 0.3) is 0 Å². The van der Waals surface area contributed by atoms with Gasteiger partial charge < -0.3 is 4.74 Å². The molecule has 1 aromatic rings. The summed E-state index contributed by atoms with van der Waals surface area (Å²) < 4.78 is 18.2. The van der Waals surface area contributed by atoms with Crippen LogP contribution in [0.15, 0.2) is 18.2 Å². The molecule has 0 aliphatic heterocycles. The Bertz CT molecular complexity index is 491. The third-order valence-corrected chi connectivity index (χ3v) is 3.11. The van der Waals surface area contributed by atoms with Crippen molar-refractivity contribution in [2.75, 3.05) is 6.61 Å². The van der Waals surface area contributed by atoms with Gasteiger partial charge in [-0.3, -0.25) is 10.1 Å². The highest BCUT2D eigenvalue weighted by Gasteiger charge is 2.18. The minimum absolute atomic E-state index is 0.00548. The molecule has 0 saturated heterocycles. The topological polar surface area (TPSA) is 69.4 Å². The highest BCUT2D eigenvalue weighted by atomic mass is 19.1. The van der Waals surface area contributed by atoms with E-state index in [1.165, 1.54) is 25.3 Å². The van der Waals surface area contributed by atoms with Gasteiger partial charge in [0, 0.05) is 6.07 Å². The summed E-state index contributed by atoms with van der Waals surface area (Å²) in [4.78, 5) is 21.4. The monoisotopic (exact) mass is 297 g/mol. The molecule has 0 radical (unpaired) electrons. The van der Waals surface area contributed by atoms with Gasteiger partial charge in [-0.25, -0.2) is 4.79 Å². The lowest BCUT2D eigenvalue weighted by Crippen LogP contribution is -2.07. The number of hydrogen-bond donors (Lipinski definition) is 0. The normalized spacial score (nSPS) is 10.4. The molecule has 0 bridgehead atoms. The molecule has 0 heterocycles. The van der Waals surface area contributed by atoms with Gasteiger partial charge >= 0.3 is 11.7 Å². The first-order valence-corrected chi connectivity index (χ1v) is 7.17. The second-order valence-electron chi connectivity index (χ2n) is 4.83. The number of unbranched alkanes of at least 4 members (excludes halogenated alkanes) is 5. The largest absolute Gasteiger partial charge is 0.462 e. The van der Waals surface area contributed by atoms with Crippen molar-refractivity contribution in [2.24, 2.45) is 0 Å². The number of benzene rings is 1. The molecule has 1 aromatic carbocycles. The molecular formula is C15H20FNO4. The second kappa shape index (κ2) is 9.05. The van der Waals surface area contributed by atoms with Crippen LogP contribution in [0, 0.1) is 15.9 Å². The Morgan fingerprint density at radius 3 is 2.57 bits per heavy atom. The zero-order chi connectivity index (χ0) is 15.7. The van der Waals surface area contributed by atoms with E-state index < -0.39 is 22.4 Å². The van der Waals surface area contributed by atoms with E-state index in [4.69, 9.17) is 4.74 Å². The van der Waals surface area contributed by atoms with Crippen molar-refractivity contribution >= 4 is 11.7 Å². The summed E-state index contributed by atoms with van der Waals surface area (Å²) in [6.07, 6.45) is 6.41. The Hall–Kier alpha value is -1.98. The van der Waals surface area contributed by atoms with Gasteiger partial charge in [0.05, 0.1) is 17.1 Å². The van der Waals surface area contributed by atoms with Crippen molar-refractivity contribution in [3.63, 3.8) is 0 Å². The van der Waals surface area contributed by atoms with Crippen LogP contribution in [0.4, 0.5) is 10.1 Å². The smallest absolute Gasteiger partial charge is 0.338 e. The number of nitro groups is 1. The number of carbonyl (C=O) groups is 1. The molecule has 0 amide bonds. The molecule has 1 rings (SSSR count). The van der Waals surface area contributed by atoms with Gasteiger partial charge in [-0.1, -0.05) is 39.0 Å². The lowest BCUT2D eigenvalue weighted by molar-refractivity contribution is -0.387. The predicted molar refractivity (Wildman–Crippen MR) is 76.7 cm³/mol. The fourth-order valence-corrected chi connectivity index (χ4v) is 1.91. The molecule has 0 N–H and O–H groups in total. The zero-order valence-electron chi connectivity index (χ0n) is 12.1. The average molecular weight is 297 g/mol. The van der Waals surface area contributed by atoms with Crippen molar-refractivity contribution < 1.29 is 18.8 Å². The van der Waals surface area contributed by atoms with Gasteiger partial charge in [-0.2, -0.15) is 4.39 Å². The Labute approximate surface area is 123 Å².